The van der Waals surface area contributed by atoms with Crippen LogP contribution in [0.4, 0.5) is 0 Å². The standard InChI is InChI=1S/C21H31N3O3S/c1-17-8-9-22(15-17)16-21(25)23-10-12-24(13-11-23)28(26,27)20-7-6-18-4-2-3-5-19(18)14-20/h6-7,14,17H,2-5,8-13,15-16H2,1H3. The Hall–Kier alpha value is -1.44. The number of sulfonamides is 1. The van der Waals surface area contributed by atoms with Crippen LogP contribution < -0.4 is 0 Å². The molecule has 1 atom stereocenters. The van der Waals surface area contributed by atoms with Gasteiger partial charge in [-0.05, 0) is 67.8 Å². The quantitative estimate of drug-likeness (QED) is 0.766. The third kappa shape index (κ3) is 4.11. The van der Waals surface area contributed by atoms with Gasteiger partial charge in [0.15, 0.2) is 0 Å². The van der Waals surface area contributed by atoms with Crippen LogP contribution in [0.5, 0.6) is 0 Å². The van der Waals surface area contributed by atoms with Gasteiger partial charge >= 0.3 is 0 Å². The average Bonchev–Trinajstić information content (AvgIpc) is 3.12. The molecule has 0 radical (unpaired) electrons. The molecule has 28 heavy (non-hydrogen) atoms. The minimum absolute atomic E-state index is 0.125. The zero-order chi connectivity index (χ0) is 19.7. The average molecular weight is 406 g/mol. The fourth-order valence-corrected chi connectivity index (χ4v) is 6.13. The van der Waals surface area contributed by atoms with Gasteiger partial charge in [-0.1, -0.05) is 13.0 Å². The maximum atomic E-state index is 13.1. The first-order chi connectivity index (χ1) is 13.4. The second-order valence-corrected chi connectivity index (χ2v) is 10.5. The number of benzene rings is 1. The van der Waals surface area contributed by atoms with E-state index in [1.54, 1.807) is 10.4 Å². The Bertz CT molecular complexity index is 831. The molecule has 1 aromatic carbocycles. The predicted octanol–water partition coefficient (Wildman–Crippen LogP) is 1.74. The number of aryl methyl sites for hydroxylation is 2. The van der Waals surface area contributed by atoms with Crippen molar-refractivity contribution < 1.29 is 13.2 Å². The monoisotopic (exact) mass is 405 g/mol. The van der Waals surface area contributed by atoms with Gasteiger partial charge in [0.1, 0.15) is 0 Å². The van der Waals surface area contributed by atoms with Crippen LogP contribution in [0, 0.1) is 5.92 Å². The number of nitrogens with zero attached hydrogens (tertiary/aromatic N) is 3. The highest BCUT2D eigenvalue weighted by Crippen LogP contribution is 2.26. The minimum atomic E-state index is -3.49. The summed E-state index contributed by atoms with van der Waals surface area (Å²) in [6.07, 6.45) is 5.49. The lowest BCUT2D eigenvalue weighted by molar-refractivity contribution is -0.133. The van der Waals surface area contributed by atoms with Crippen LogP contribution in [0.3, 0.4) is 0 Å². The third-order valence-electron chi connectivity index (χ3n) is 6.42. The molecule has 1 amide bonds. The number of carbonyl (C=O) groups excluding carboxylic acids is 1. The second-order valence-electron chi connectivity index (χ2n) is 8.55. The Kier molecular flexibility index (Phi) is 5.76. The van der Waals surface area contributed by atoms with Crippen LogP contribution in [0.1, 0.15) is 37.3 Å². The Morgan fingerprint density at radius 2 is 1.75 bits per heavy atom. The first-order valence-corrected chi connectivity index (χ1v) is 12.0. The van der Waals surface area contributed by atoms with Crippen LogP contribution in [0.2, 0.25) is 0 Å². The summed E-state index contributed by atoms with van der Waals surface area (Å²) in [6.45, 7) is 6.36. The lowest BCUT2D eigenvalue weighted by Crippen LogP contribution is -2.52. The summed E-state index contributed by atoms with van der Waals surface area (Å²) in [4.78, 5) is 17.0. The Labute approximate surface area is 168 Å². The van der Waals surface area contributed by atoms with Crippen molar-refractivity contribution in [1.82, 2.24) is 14.1 Å². The minimum Gasteiger partial charge on any atom is -0.339 e. The number of amides is 1. The van der Waals surface area contributed by atoms with Gasteiger partial charge in [0.2, 0.25) is 15.9 Å². The summed E-state index contributed by atoms with van der Waals surface area (Å²) < 4.78 is 27.7. The van der Waals surface area contributed by atoms with E-state index in [4.69, 9.17) is 0 Å². The first-order valence-electron chi connectivity index (χ1n) is 10.6. The van der Waals surface area contributed by atoms with Gasteiger partial charge in [0, 0.05) is 32.7 Å². The molecule has 0 spiro atoms. The third-order valence-corrected chi connectivity index (χ3v) is 8.31. The number of piperazine rings is 1. The van der Waals surface area contributed by atoms with Gasteiger partial charge in [0.05, 0.1) is 11.4 Å². The number of likely N-dealkylation sites (tertiary alicyclic amines) is 1. The molecule has 1 aromatic rings. The number of carbonyl (C=O) groups is 1. The second kappa shape index (κ2) is 8.13. The molecule has 2 aliphatic heterocycles. The molecule has 0 bridgehead atoms. The zero-order valence-electron chi connectivity index (χ0n) is 16.8. The normalized spacial score (nSPS) is 24.3. The molecular formula is C21H31N3O3S. The molecule has 3 aliphatic rings. The maximum absolute atomic E-state index is 13.1. The van der Waals surface area contributed by atoms with Crippen molar-refractivity contribution >= 4 is 15.9 Å². The highest BCUT2D eigenvalue weighted by Gasteiger charge is 2.31. The SMILES string of the molecule is CC1CCN(CC(=O)N2CCN(S(=O)(=O)c3ccc4c(c3)CCCC4)CC2)C1. The molecule has 2 heterocycles. The van der Waals surface area contributed by atoms with Gasteiger partial charge in [-0.25, -0.2) is 8.42 Å². The van der Waals surface area contributed by atoms with E-state index in [2.05, 4.69) is 11.8 Å². The van der Waals surface area contributed by atoms with Crippen molar-refractivity contribution in [2.45, 2.75) is 43.9 Å². The highest BCUT2D eigenvalue weighted by atomic mass is 32.2. The van der Waals surface area contributed by atoms with E-state index in [-0.39, 0.29) is 5.91 Å². The lowest BCUT2D eigenvalue weighted by Gasteiger charge is -2.35. The van der Waals surface area contributed by atoms with Gasteiger partial charge < -0.3 is 4.90 Å². The van der Waals surface area contributed by atoms with Crippen LogP contribution in [-0.4, -0.2) is 74.2 Å². The number of hydrogen-bond acceptors (Lipinski definition) is 4. The summed E-state index contributed by atoms with van der Waals surface area (Å²) >= 11 is 0. The van der Waals surface area contributed by atoms with Crippen LogP contribution in [0.25, 0.3) is 0 Å². The molecule has 7 heteroatoms. The zero-order valence-corrected chi connectivity index (χ0v) is 17.6. The van der Waals surface area contributed by atoms with Crippen molar-refractivity contribution in [2.75, 3.05) is 45.8 Å². The van der Waals surface area contributed by atoms with Crippen molar-refractivity contribution in [3.05, 3.63) is 29.3 Å². The van der Waals surface area contributed by atoms with E-state index >= 15 is 0 Å². The van der Waals surface area contributed by atoms with Gasteiger partial charge in [0.25, 0.3) is 0 Å². The van der Waals surface area contributed by atoms with Gasteiger partial charge in [-0.2, -0.15) is 4.31 Å². The van der Waals surface area contributed by atoms with Crippen molar-refractivity contribution in [3.8, 4) is 0 Å². The molecule has 154 valence electrons. The fraction of sp³-hybridized carbons (Fsp3) is 0.667. The van der Waals surface area contributed by atoms with E-state index in [0.717, 1.165) is 38.8 Å². The van der Waals surface area contributed by atoms with Crippen LogP contribution in [0.15, 0.2) is 23.1 Å². The summed E-state index contributed by atoms with van der Waals surface area (Å²) in [7, 11) is -3.49. The summed E-state index contributed by atoms with van der Waals surface area (Å²) in [5.41, 5.74) is 2.47. The van der Waals surface area contributed by atoms with E-state index in [1.807, 2.05) is 17.0 Å². The van der Waals surface area contributed by atoms with Crippen molar-refractivity contribution in [1.29, 1.82) is 0 Å². The summed E-state index contributed by atoms with van der Waals surface area (Å²) in [6, 6.07) is 5.61. The summed E-state index contributed by atoms with van der Waals surface area (Å²) in [5.74, 6) is 0.784. The van der Waals surface area contributed by atoms with E-state index < -0.39 is 10.0 Å². The van der Waals surface area contributed by atoms with Gasteiger partial charge in [-0.15, -0.1) is 0 Å². The van der Waals surface area contributed by atoms with Gasteiger partial charge in [-0.3, -0.25) is 9.69 Å². The molecule has 1 aliphatic carbocycles. The molecule has 4 rings (SSSR count). The highest BCUT2D eigenvalue weighted by molar-refractivity contribution is 7.89. The largest absolute Gasteiger partial charge is 0.339 e. The molecule has 2 saturated heterocycles. The van der Waals surface area contributed by atoms with Crippen molar-refractivity contribution in [2.24, 2.45) is 5.92 Å². The molecule has 6 nitrogen and oxygen atoms in total. The van der Waals surface area contributed by atoms with Crippen molar-refractivity contribution in [3.63, 3.8) is 0 Å². The number of rotatable bonds is 4. The van der Waals surface area contributed by atoms with Crippen LogP contribution in [-0.2, 0) is 27.7 Å². The predicted molar refractivity (Wildman–Crippen MR) is 109 cm³/mol. The first kappa shape index (κ1) is 19.9. The maximum Gasteiger partial charge on any atom is 0.243 e. The Morgan fingerprint density at radius 1 is 1.04 bits per heavy atom. The summed E-state index contributed by atoms with van der Waals surface area (Å²) in [5, 5.41) is 0. The lowest BCUT2D eigenvalue weighted by atomic mass is 9.92. The number of hydrogen-bond donors (Lipinski definition) is 0. The Balaban J connectivity index is 1.37. The molecule has 0 N–H and O–H groups in total. The van der Waals surface area contributed by atoms with E-state index in [1.165, 1.54) is 17.5 Å². The fourth-order valence-electron chi connectivity index (χ4n) is 4.66. The molecule has 0 saturated carbocycles. The molecule has 0 aromatic heterocycles. The van der Waals surface area contributed by atoms with Crippen LogP contribution >= 0.6 is 0 Å². The molecular weight excluding hydrogens is 374 g/mol. The smallest absolute Gasteiger partial charge is 0.243 e. The Morgan fingerprint density at radius 3 is 2.43 bits per heavy atom. The topological polar surface area (TPSA) is 60.9 Å². The van der Waals surface area contributed by atoms with E-state index in [0.29, 0.717) is 43.5 Å². The molecule has 2 fully saturated rings. The van der Waals surface area contributed by atoms with E-state index in [9.17, 15) is 13.2 Å². The molecule has 1 unspecified atom stereocenters. The number of fused-ring (bicyclic) bond motifs is 1.